The fourth-order valence-electron chi connectivity index (χ4n) is 2.00. The number of nitrogens with zero attached hydrogens (tertiary/aromatic N) is 1. The average molecular weight is 266 g/mol. The zero-order valence-corrected chi connectivity index (χ0v) is 11.1. The summed E-state index contributed by atoms with van der Waals surface area (Å²) in [5.41, 5.74) is 0.612. The van der Waals surface area contributed by atoms with Gasteiger partial charge >= 0.3 is 0 Å². The van der Waals surface area contributed by atoms with E-state index < -0.39 is 0 Å². The van der Waals surface area contributed by atoms with Gasteiger partial charge in [0.1, 0.15) is 5.82 Å². The molecule has 0 radical (unpaired) electrons. The molecule has 0 bridgehead atoms. The number of carbonyl (C=O) groups is 1. The Morgan fingerprint density at radius 2 is 2.11 bits per heavy atom. The molecule has 0 fully saturated rings. The van der Waals surface area contributed by atoms with Crippen LogP contribution in [0.2, 0.25) is 0 Å². The van der Waals surface area contributed by atoms with Gasteiger partial charge in [-0.15, -0.1) is 11.8 Å². The van der Waals surface area contributed by atoms with Crippen molar-refractivity contribution in [2.75, 3.05) is 18.1 Å². The maximum atomic E-state index is 12.8. The largest absolute Gasteiger partial charge is 0.325 e. The van der Waals surface area contributed by atoms with E-state index in [9.17, 15) is 9.18 Å². The Hall–Kier alpha value is -1.36. The fourth-order valence-corrected chi connectivity index (χ4v) is 2.79. The molecule has 1 aromatic rings. The van der Waals surface area contributed by atoms with Gasteiger partial charge in [0, 0.05) is 12.2 Å². The summed E-state index contributed by atoms with van der Waals surface area (Å²) in [6.07, 6.45) is 1.93. The van der Waals surface area contributed by atoms with E-state index in [-0.39, 0.29) is 23.6 Å². The minimum atomic E-state index is -0.311. The molecule has 2 rings (SSSR count). The van der Waals surface area contributed by atoms with Crippen molar-refractivity contribution < 1.29 is 9.18 Å². The maximum absolute atomic E-state index is 12.8. The topological polar surface area (TPSA) is 41.5 Å². The van der Waals surface area contributed by atoms with Crippen LogP contribution in [0.1, 0.15) is 6.92 Å². The molecule has 1 heterocycles. The van der Waals surface area contributed by atoms with Crippen molar-refractivity contribution in [3.05, 3.63) is 30.1 Å². The monoisotopic (exact) mass is 266 g/mol. The van der Waals surface area contributed by atoms with E-state index in [0.717, 1.165) is 5.04 Å². The normalized spacial score (nSPS) is 22.7. The van der Waals surface area contributed by atoms with Gasteiger partial charge in [0.15, 0.2) is 0 Å². The minimum Gasteiger partial charge on any atom is -0.325 e. The molecule has 2 unspecified atom stereocenters. The summed E-state index contributed by atoms with van der Waals surface area (Å²) >= 11 is 1.51. The van der Waals surface area contributed by atoms with Crippen LogP contribution in [0.25, 0.3) is 0 Å². The van der Waals surface area contributed by atoms with Gasteiger partial charge < -0.3 is 5.32 Å². The van der Waals surface area contributed by atoms with Gasteiger partial charge in [0.25, 0.3) is 0 Å². The smallest absolute Gasteiger partial charge is 0.234 e. The molecular weight excluding hydrogens is 251 g/mol. The van der Waals surface area contributed by atoms with Crippen LogP contribution in [0.3, 0.4) is 0 Å². The Labute approximate surface area is 110 Å². The van der Waals surface area contributed by atoms with Crippen LogP contribution in [0.4, 0.5) is 10.1 Å². The Bertz CT molecular complexity index is 472. The van der Waals surface area contributed by atoms with E-state index in [1.807, 2.05) is 13.2 Å². The second-order valence-electron chi connectivity index (χ2n) is 4.33. The van der Waals surface area contributed by atoms with Gasteiger partial charge in [-0.2, -0.15) is 0 Å². The van der Waals surface area contributed by atoms with Crippen LogP contribution in [0.15, 0.2) is 29.3 Å². The van der Waals surface area contributed by atoms with Crippen molar-refractivity contribution in [3.63, 3.8) is 0 Å². The number of anilines is 1. The lowest BCUT2D eigenvalue weighted by Crippen LogP contribution is -2.30. The lowest BCUT2D eigenvalue weighted by molar-refractivity contribution is -0.118. The molecule has 2 atom stereocenters. The van der Waals surface area contributed by atoms with Crippen LogP contribution in [-0.2, 0) is 4.79 Å². The standard InChI is InChI=1S/C13H15FN2OS/c1-8-7-15-13(18-2)11(8)12(17)16-10-5-3-9(14)4-6-10/h3-6,8,11H,7H2,1-2H3,(H,16,17). The Morgan fingerprint density at radius 3 is 2.72 bits per heavy atom. The number of hydrogen-bond acceptors (Lipinski definition) is 3. The highest BCUT2D eigenvalue weighted by molar-refractivity contribution is 8.13. The molecule has 18 heavy (non-hydrogen) atoms. The van der Waals surface area contributed by atoms with Gasteiger partial charge in [0.2, 0.25) is 5.91 Å². The van der Waals surface area contributed by atoms with Crippen LogP contribution in [0.5, 0.6) is 0 Å². The molecule has 1 aliphatic rings. The summed E-state index contributed by atoms with van der Waals surface area (Å²) in [6.45, 7) is 2.71. The number of aliphatic imine (C=N–C) groups is 1. The third-order valence-corrected chi connectivity index (χ3v) is 3.77. The first kappa shape index (κ1) is 13.1. The molecule has 0 spiro atoms. The molecule has 3 nitrogen and oxygen atoms in total. The summed E-state index contributed by atoms with van der Waals surface area (Å²) in [6, 6.07) is 5.78. The lowest BCUT2D eigenvalue weighted by atomic mass is 9.97. The molecule has 1 amide bonds. The second kappa shape index (κ2) is 5.52. The SMILES string of the molecule is CSC1=NCC(C)C1C(=O)Nc1ccc(F)cc1. The zero-order valence-electron chi connectivity index (χ0n) is 10.3. The predicted molar refractivity (Wildman–Crippen MR) is 73.5 cm³/mol. The molecule has 0 saturated heterocycles. The number of amides is 1. The summed E-state index contributed by atoms with van der Waals surface area (Å²) in [5.74, 6) is -0.355. The highest BCUT2D eigenvalue weighted by Gasteiger charge is 2.33. The highest BCUT2D eigenvalue weighted by atomic mass is 32.2. The van der Waals surface area contributed by atoms with Crippen molar-refractivity contribution in [1.82, 2.24) is 0 Å². The molecule has 1 aliphatic heterocycles. The first-order valence-corrected chi connectivity index (χ1v) is 6.99. The second-order valence-corrected chi connectivity index (χ2v) is 5.16. The van der Waals surface area contributed by atoms with Gasteiger partial charge in [0.05, 0.1) is 11.0 Å². The maximum Gasteiger partial charge on any atom is 0.234 e. The van der Waals surface area contributed by atoms with Gasteiger partial charge in [-0.05, 0) is 36.4 Å². The van der Waals surface area contributed by atoms with Crippen LogP contribution >= 0.6 is 11.8 Å². The fraction of sp³-hybridized carbons (Fsp3) is 0.385. The third kappa shape index (κ3) is 2.72. The quantitative estimate of drug-likeness (QED) is 0.894. The summed E-state index contributed by atoms with van der Waals surface area (Å²) in [4.78, 5) is 16.5. The molecule has 5 heteroatoms. The van der Waals surface area contributed by atoms with Crippen molar-refractivity contribution >= 4 is 28.4 Å². The molecule has 1 N–H and O–H groups in total. The number of benzene rings is 1. The number of thioether (sulfide) groups is 1. The predicted octanol–water partition coefficient (Wildman–Crippen LogP) is 2.79. The Kier molecular flexibility index (Phi) is 4.01. The van der Waals surface area contributed by atoms with Crippen molar-refractivity contribution in [1.29, 1.82) is 0 Å². The average Bonchev–Trinajstić information content (AvgIpc) is 2.73. The lowest BCUT2D eigenvalue weighted by Gasteiger charge is -2.16. The molecule has 1 aromatic carbocycles. The molecule has 0 aromatic heterocycles. The van der Waals surface area contributed by atoms with E-state index in [1.54, 1.807) is 12.1 Å². The number of halogens is 1. The van der Waals surface area contributed by atoms with E-state index >= 15 is 0 Å². The molecular formula is C13H15FN2OS. The van der Waals surface area contributed by atoms with Crippen LogP contribution in [0, 0.1) is 17.7 Å². The zero-order chi connectivity index (χ0) is 13.1. The molecule has 96 valence electrons. The Morgan fingerprint density at radius 1 is 1.44 bits per heavy atom. The van der Waals surface area contributed by atoms with Crippen LogP contribution in [-0.4, -0.2) is 23.8 Å². The van der Waals surface area contributed by atoms with Crippen LogP contribution < -0.4 is 5.32 Å². The molecule has 0 aliphatic carbocycles. The van der Waals surface area contributed by atoms with E-state index in [1.165, 1.54) is 23.9 Å². The van der Waals surface area contributed by atoms with E-state index in [4.69, 9.17) is 0 Å². The van der Waals surface area contributed by atoms with Crippen molar-refractivity contribution in [3.8, 4) is 0 Å². The first-order chi connectivity index (χ1) is 8.61. The highest BCUT2D eigenvalue weighted by Crippen LogP contribution is 2.27. The first-order valence-electron chi connectivity index (χ1n) is 5.76. The number of rotatable bonds is 2. The van der Waals surface area contributed by atoms with Gasteiger partial charge in [-0.25, -0.2) is 4.39 Å². The number of hydrogen-bond donors (Lipinski definition) is 1. The third-order valence-electron chi connectivity index (χ3n) is 2.97. The number of carbonyl (C=O) groups excluding carboxylic acids is 1. The van der Waals surface area contributed by atoms with Crippen molar-refractivity contribution in [2.45, 2.75) is 6.92 Å². The summed E-state index contributed by atoms with van der Waals surface area (Å²) < 4.78 is 12.8. The van der Waals surface area contributed by atoms with Gasteiger partial charge in [-0.1, -0.05) is 6.92 Å². The van der Waals surface area contributed by atoms with Gasteiger partial charge in [-0.3, -0.25) is 9.79 Å². The summed E-state index contributed by atoms with van der Waals surface area (Å²) in [5, 5.41) is 3.68. The Balaban J connectivity index is 2.08. The molecule has 0 saturated carbocycles. The minimum absolute atomic E-state index is 0.0697. The van der Waals surface area contributed by atoms with Crippen molar-refractivity contribution in [2.24, 2.45) is 16.8 Å². The van der Waals surface area contributed by atoms with E-state index in [2.05, 4.69) is 10.3 Å². The summed E-state index contributed by atoms with van der Waals surface area (Å²) in [7, 11) is 0. The number of nitrogens with one attached hydrogen (secondary N) is 1. The van der Waals surface area contributed by atoms with E-state index in [0.29, 0.717) is 12.2 Å².